The molecule has 4 heteroatoms. The van der Waals surface area contributed by atoms with Crippen LogP contribution in [0.15, 0.2) is 0 Å². The van der Waals surface area contributed by atoms with E-state index < -0.39 is 10.1 Å². The summed E-state index contributed by atoms with van der Waals surface area (Å²) in [5.74, 6) is 0.310. The van der Waals surface area contributed by atoms with Crippen LogP contribution in [0.4, 0.5) is 0 Å². The van der Waals surface area contributed by atoms with Crippen LogP contribution in [0, 0.1) is 5.92 Å². The summed E-state index contributed by atoms with van der Waals surface area (Å²) in [6.45, 7) is 3.84. The Morgan fingerprint density at radius 3 is 2.30 bits per heavy atom. The van der Waals surface area contributed by atoms with Gasteiger partial charge in [-0.3, -0.25) is 4.18 Å². The van der Waals surface area contributed by atoms with E-state index in [1.807, 2.05) is 13.8 Å². The Bertz CT molecular complexity index is 171. The van der Waals surface area contributed by atoms with Crippen LogP contribution in [0.1, 0.15) is 20.3 Å². The smallest absolute Gasteiger partial charge is 0.267 e. The molecule has 0 amide bonds. The maximum atomic E-state index is 10.7. The van der Waals surface area contributed by atoms with Crippen molar-refractivity contribution in [2.75, 3.05) is 12.9 Å². The van der Waals surface area contributed by atoms with E-state index in [0.717, 1.165) is 6.42 Å². The molecule has 0 bridgehead atoms. The molecule has 0 aliphatic heterocycles. The normalized spacial score (nSPS) is 15.1. The van der Waals surface area contributed by atoms with Gasteiger partial charge in [-0.25, -0.2) is 0 Å². The first-order chi connectivity index (χ1) is 4.52. The van der Waals surface area contributed by atoms with Crippen molar-refractivity contribution in [2.24, 2.45) is 5.92 Å². The second-order valence-electron chi connectivity index (χ2n) is 2.40. The molecule has 10 heavy (non-hydrogen) atoms. The lowest BCUT2D eigenvalue weighted by molar-refractivity contribution is 0.390. The first kappa shape index (κ1) is 9.91. The van der Waals surface area contributed by atoms with Crippen LogP contribution in [0.25, 0.3) is 0 Å². The molecule has 3 nitrogen and oxygen atoms in total. The Kier molecular flexibility index (Phi) is 3.89. The highest BCUT2D eigenvalue weighted by atomic mass is 32.2. The van der Waals surface area contributed by atoms with Gasteiger partial charge < -0.3 is 0 Å². The first-order valence-corrected chi connectivity index (χ1v) is 4.88. The number of hydrogen-bond acceptors (Lipinski definition) is 3. The fraction of sp³-hybridized carbons (Fsp3) is 1.00. The van der Waals surface area contributed by atoms with E-state index in [2.05, 4.69) is 4.18 Å². The molecule has 0 aromatic rings. The van der Waals surface area contributed by atoms with E-state index in [1.165, 1.54) is 7.11 Å². The second-order valence-corrected chi connectivity index (χ2v) is 4.19. The lowest BCUT2D eigenvalue weighted by Gasteiger charge is -2.06. The molecule has 0 aromatic carbocycles. The van der Waals surface area contributed by atoms with Crippen molar-refractivity contribution in [3.8, 4) is 0 Å². The zero-order valence-electron chi connectivity index (χ0n) is 6.62. The van der Waals surface area contributed by atoms with Gasteiger partial charge in [0.25, 0.3) is 10.1 Å². The summed E-state index contributed by atoms with van der Waals surface area (Å²) in [6, 6.07) is 0. The van der Waals surface area contributed by atoms with Gasteiger partial charge in [-0.05, 0) is 5.92 Å². The molecule has 0 fully saturated rings. The summed E-state index contributed by atoms with van der Waals surface area (Å²) in [5, 5.41) is 0. The van der Waals surface area contributed by atoms with Gasteiger partial charge in [0.2, 0.25) is 0 Å². The largest absolute Gasteiger partial charge is 0.273 e. The summed E-state index contributed by atoms with van der Waals surface area (Å²) in [6.07, 6.45) is 0.864. The third-order valence-corrected chi connectivity index (χ3v) is 2.92. The topological polar surface area (TPSA) is 43.4 Å². The lowest BCUT2D eigenvalue weighted by atomic mass is 10.2. The van der Waals surface area contributed by atoms with Crippen molar-refractivity contribution in [1.82, 2.24) is 0 Å². The average Bonchev–Trinajstić information content (AvgIpc) is 1.87. The summed E-state index contributed by atoms with van der Waals surface area (Å²) in [4.78, 5) is 0. The van der Waals surface area contributed by atoms with Gasteiger partial charge in [0, 0.05) is 0 Å². The van der Waals surface area contributed by atoms with Crippen molar-refractivity contribution in [3.63, 3.8) is 0 Å². The molecular weight excluding hydrogens is 152 g/mol. The highest BCUT2D eigenvalue weighted by Gasteiger charge is 2.12. The minimum Gasteiger partial charge on any atom is -0.273 e. The minimum atomic E-state index is -3.23. The highest BCUT2D eigenvalue weighted by molar-refractivity contribution is 7.86. The van der Waals surface area contributed by atoms with E-state index in [1.54, 1.807) is 0 Å². The molecule has 1 atom stereocenters. The molecule has 0 radical (unpaired) electrons. The monoisotopic (exact) mass is 166 g/mol. The Hall–Kier alpha value is -0.0900. The van der Waals surface area contributed by atoms with Gasteiger partial charge >= 0.3 is 0 Å². The van der Waals surface area contributed by atoms with Crippen molar-refractivity contribution in [3.05, 3.63) is 0 Å². The third-order valence-electron chi connectivity index (χ3n) is 1.44. The summed E-state index contributed by atoms with van der Waals surface area (Å²) >= 11 is 0. The van der Waals surface area contributed by atoms with Gasteiger partial charge in [-0.15, -0.1) is 0 Å². The molecular formula is C6H14O3S. The van der Waals surface area contributed by atoms with E-state index in [4.69, 9.17) is 0 Å². The van der Waals surface area contributed by atoms with Gasteiger partial charge in [-0.2, -0.15) is 8.42 Å². The van der Waals surface area contributed by atoms with Crippen LogP contribution < -0.4 is 0 Å². The van der Waals surface area contributed by atoms with Crippen LogP contribution in [0.5, 0.6) is 0 Å². The van der Waals surface area contributed by atoms with Crippen LogP contribution in [0.2, 0.25) is 0 Å². The maximum Gasteiger partial charge on any atom is 0.267 e. The standard InChI is InChI=1S/C6H14O3S/c1-4-6(2)5-10(7,8)9-3/h6H,4-5H2,1-3H3. The van der Waals surface area contributed by atoms with Crippen LogP contribution >= 0.6 is 0 Å². The van der Waals surface area contributed by atoms with Crippen LogP contribution in [-0.2, 0) is 14.3 Å². The Morgan fingerprint density at radius 2 is 2.00 bits per heavy atom. The molecule has 0 N–H and O–H groups in total. The summed E-state index contributed by atoms with van der Waals surface area (Å²) in [7, 11) is -2.04. The Labute approximate surface area is 62.5 Å². The average molecular weight is 166 g/mol. The molecule has 0 aliphatic carbocycles. The molecule has 0 heterocycles. The highest BCUT2D eigenvalue weighted by Crippen LogP contribution is 2.05. The molecule has 0 rings (SSSR count). The lowest BCUT2D eigenvalue weighted by Crippen LogP contribution is -2.14. The third kappa shape index (κ3) is 3.85. The van der Waals surface area contributed by atoms with Gasteiger partial charge in [0.15, 0.2) is 0 Å². The zero-order chi connectivity index (χ0) is 8.20. The maximum absolute atomic E-state index is 10.7. The van der Waals surface area contributed by atoms with E-state index >= 15 is 0 Å². The minimum absolute atomic E-state index is 0.125. The van der Waals surface area contributed by atoms with Crippen molar-refractivity contribution in [2.45, 2.75) is 20.3 Å². The zero-order valence-corrected chi connectivity index (χ0v) is 7.44. The number of hydrogen-bond donors (Lipinski definition) is 0. The van der Waals surface area contributed by atoms with E-state index in [9.17, 15) is 8.42 Å². The quantitative estimate of drug-likeness (QED) is 0.585. The molecule has 62 valence electrons. The van der Waals surface area contributed by atoms with Crippen LogP contribution in [-0.4, -0.2) is 21.3 Å². The summed E-state index contributed by atoms with van der Waals surface area (Å²) < 4.78 is 25.8. The van der Waals surface area contributed by atoms with E-state index in [-0.39, 0.29) is 11.7 Å². The van der Waals surface area contributed by atoms with Gasteiger partial charge in [0.1, 0.15) is 0 Å². The van der Waals surface area contributed by atoms with Crippen molar-refractivity contribution >= 4 is 10.1 Å². The predicted octanol–water partition coefficient (Wildman–Crippen LogP) is 1.01. The fourth-order valence-corrected chi connectivity index (χ4v) is 1.60. The molecule has 0 aliphatic rings. The molecule has 0 aromatic heterocycles. The molecule has 0 saturated heterocycles. The van der Waals surface area contributed by atoms with Gasteiger partial charge in [-0.1, -0.05) is 20.3 Å². The molecule has 0 saturated carbocycles. The molecule has 1 unspecified atom stereocenters. The predicted molar refractivity (Wildman–Crippen MR) is 40.3 cm³/mol. The van der Waals surface area contributed by atoms with E-state index in [0.29, 0.717) is 0 Å². The Balaban J connectivity index is 3.90. The Morgan fingerprint density at radius 1 is 1.50 bits per heavy atom. The van der Waals surface area contributed by atoms with Crippen molar-refractivity contribution < 1.29 is 12.6 Å². The fourth-order valence-electron chi connectivity index (χ4n) is 0.534. The summed E-state index contributed by atoms with van der Waals surface area (Å²) in [5.41, 5.74) is 0. The molecule has 0 spiro atoms. The van der Waals surface area contributed by atoms with Crippen molar-refractivity contribution in [1.29, 1.82) is 0 Å². The second kappa shape index (κ2) is 3.93. The SMILES string of the molecule is CCC(C)CS(=O)(=O)OC. The van der Waals surface area contributed by atoms with Crippen LogP contribution in [0.3, 0.4) is 0 Å². The first-order valence-electron chi connectivity index (χ1n) is 3.30. The number of rotatable bonds is 4. The van der Waals surface area contributed by atoms with Gasteiger partial charge in [0.05, 0.1) is 12.9 Å².